The molecule has 5 unspecified atom stereocenters. The number of rotatable bonds is 76. The average Bonchev–Trinajstić information content (AvgIpc) is 0.916. The Hall–Kier alpha value is -5.58. The lowest BCUT2D eigenvalue weighted by Crippen LogP contribution is -2.30. The van der Waals surface area contributed by atoms with Crippen LogP contribution in [0, 0.1) is 0 Å². The van der Waals surface area contributed by atoms with Gasteiger partial charge in [-0.2, -0.15) is 0 Å². The molecule has 17 nitrogen and oxygen atoms in total. The number of ether oxygens (including phenoxy) is 4. The van der Waals surface area contributed by atoms with Crippen molar-refractivity contribution in [2.75, 3.05) is 39.6 Å². The Bertz CT molecular complexity index is 2710. The Labute approximate surface area is 654 Å². The van der Waals surface area contributed by atoms with Crippen LogP contribution in [0.1, 0.15) is 310 Å². The van der Waals surface area contributed by atoms with Crippen LogP contribution in [0.5, 0.6) is 0 Å². The summed E-state index contributed by atoms with van der Waals surface area (Å²) < 4.78 is 68.6. The van der Waals surface area contributed by atoms with E-state index < -0.39 is 97.5 Å². The third-order valence-electron chi connectivity index (χ3n) is 16.7. The van der Waals surface area contributed by atoms with E-state index in [9.17, 15) is 43.2 Å². The van der Waals surface area contributed by atoms with E-state index in [4.69, 9.17) is 37.0 Å². The highest BCUT2D eigenvalue weighted by Gasteiger charge is 2.30. The predicted molar refractivity (Wildman–Crippen MR) is 445 cm³/mol. The molecule has 3 N–H and O–H groups in total. The van der Waals surface area contributed by atoms with Gasteiger partial charge in [-0.1, -0.05) is 313 Å². The lowest BCUT2D eigenvalue weighted by molar-refractivity contribution is -0.161. The Morgan fingerprint density at radius 1 is 0.269 bits per heavy atom. The number of hydrogen-bond donors (Lipinski definition) is 3. The maximum atomic E-state index is 13.1. The highest BCUT2D eigenvalue weighted by molar-refractivity contribution is 7.47. The molecule has 0 spiro atoms. The molecule has 0 aliphatic carbocycles. The van der Waals surface area contributed by atoms with Gasteiger partial charge in [-0.25, -0.2) is 9.13 Å². The minimum absolute atomic E-state index is 0.00671. The second-order valence-corrected chi connectivity index (χ2v) is 29.9. The van der Waals surface area contributed by atoms with E-state index in [1.165, 1.54) is 70.6 Å². The zero-order valence-corrected chi connectivity index (χ0v) is 69.0. The van der Waals surface area contributed by atoms with Gasteiger partial charge in [-0.3, -0.25) is 37.3 Å². The van der Waals surface area contributed by atoms with Gasteiger partial charge in [0.15, 0.2) is 12.2 Å². The molecule has 0 aliphatic rings. The maximum Gasteiger partial charge on any atom is 0.472 e. The summed E-state index contributed by atoms with van der Waals surface area (Å²) in [5.74, 6) is -2.36. The first kappa shape index (κ1) is 102. The summed E-state index contributed by atoms with van der Waals surface area (Å²) in [6.07, 6.45) is 94.9. The van der Waals surface area contributed by atoms with Crippen molar-refractivity contribution < 1.29 is 80.2 Å². The molecule has 0 saturated carbocycles. The SMILES string of the molecule is CC/C=C\C/C=C\C/C=C\C/C=C\C/C=C\C/C=C\CCC(=O)OCC(COP(=O)(O)OCC(O)COP(=O)(O)OCC(COC(=O)CCCCCCCC/C=C\C/C=C\C/C=C\CCCCC)OC(=O)CCC/C=C\C/C=C\C/C=C\C/C=C\C/C=C\CC)OC(=O)CCCCCCCCCCCCCCC. The van der Waals surface area contributed by atoms with E-state index in [0.717, 1.165) is 148 Å². The highest BCUT2D eigenvalue weighted by atomic mass is 31.2. The molecule has 0 aromatic carbocycles. The zero-order chi connectivity index (χ0) is 78.9. The number of aliphatic hydroxyl groups is 1. The topological polar surface area (TPSA) is 237 Å². The van der Waals surface area contributed by atoms with E-state index in [0.29, 0.717) is 38.5 Å². The minimum atomic E-state index is -5.01. The van der Waals surface area contributed by atoms with Crippen LogP contribution in [-0.4, -0.2) is 96.7 Å². The maximum absolute atomic E-state index is 13.1. The molecule has 0 amide bonds. The molecular formula is C89H146O17P2. The lowest BCUT2D eigenvalue weighted by Gasteiger charge is -2.21. The summed E-state index contributed by atoms with van der Waals surface area (Å²) in [6.45, 7) is 4.46. The minimum Gasteiger partial charge on any atom is -0.462 e. The van der Waals surface area contributed by atoms with Gasteiger partial charge in [0.1, 0.15) is 19.3 Å². The number of carbonyl (C=O) groups is 4. The van der Waals surface area contributed by atoms with Crippen LogP contribution in [0.25, 0.3) is 0 Å². The fourth-order valence-corrected chi connectivity index (χ4v) is 12.0. The smallest absolute Gasteiger partial charge is 0.462 e. The van der Waals surface area contributed by atoms with Crippen molar-refractivity contribution in [1.29, 1.82) is 0 Å². The number of esters is 4. The van der Waals surface area contributed by atoms with E-state index in [-0.39, 0.29) is 25.7 Å². The van der Waals surface area contributed by atoms with Crippen molar-refractivity contribution in [2.24, 2.45) is 0 Å². The fourth-order valence-electron chi connectivity index (χ4n) is 10.5. The van der Waals surface area contributed by atoms with E-state index in [2.05, 4.69) is 167 Å². The van der Waals surface area contributed by atoms with Crippen LogP contribution < -0.4 is 0 Å². The van der Waals surface area contributed by atoms with Crippen molar-refractivity contribution in [3.05, 3.63) is 170 Å². The van der Waals surface area contributed by atoms with Crippen LogP contribution in [0.4, 0.5) is 0 Å². The van der Waals surface area contributed by atoms with Gasteiger partial charge in [0.2, 0.25) is 0 Å². The quantitative estimate of drug-likeness (QED) is 0.0169. The summed E-state index contributed by atoms with van der Waals surface area (Å²) in [4.78, 5) is 73.1. The van der Waals surface area contributed by atoms with Gasteiger partial charge >= 0.3 is 39.5 Å². The Balaban J connectivity index is 5.49. The van der Waals surface area contributed by atoms with Gasteiger partial charge < -0.3 is 33.8 Å². The summed E-state index contributed by atoms with van der Waals surface area (Å²) in [5.41, 5.74) is 0. The number of carbonyl (C=O) groups excluding carboxylic acids is 4. The van der Waals surface area contributed by atoms with E-state index in [1.807, 2.05) is 30.4 Å². The van der Waals surface area contributed by atoms with Crippen LogP contribution in [0.15, 0.2) is 170 Å². The first-order valence-corrected chi connectivity index (χ1v) is 44.4. The molecule has 19 heteroatoms. The first-order valence-electron chi connectivity index (χ1n) is 41.4. The summed E-state index contributed by atoms with van der Waals surface area (Å²) in [7, 11) is -10.0. The number of unbranched alkanes of at least 4 members (excludes halogenated alkanes) is 22. The first-order chi connectivity index (χ1) is 52.7. The molecule has 614 valence electrons. The van der Waals surface area contributed by atoms with Crippen LogP contribution in [0.3, 0.4) is 0 Å². The van der Waals surface area contributed by atoms with Crippen molar-refractivity contribution in [3.8, 4) is 0 Å². The second kappa shape index (κ2) is 79.5. The number of allylic oxidation sites excluding steroid dienone is 28. The molecular weight excluding hydrogens is 1400 g/mol. The van der Waals surface area contributed by atoms with Crippen molar-refractivity contribution in [1.82, 2.24) is 0 Å². The molecule has 0 rings (SSSR count). The van der Waals surface area contributed by atoms with Gasteiger partial charge in [0.25, 0.3) is 0 Å². The summed E-state index contributed by atoms with van der Waals surface area (Å²) >= 11 is 0. The normalized spacial score (nSPS) is 14.7. The zero-order valence-electron chi connectivity index (χ0n) is 67.2. The number of aliphatic hydroxyl groups excluding tert-OH is 1. The molecule has 0 saturated heterocycles. The molecule has 0 heterocycles. The third kappa shape index (κ3) is 78.5. The van der Waals surface area contributed by atoms with E-state index in [1.54, 1.807) is 0 Å². The highest BCUT2D eigenvalue weighted by Crippen LogP contribution is 2.45. The molecule has 0 radical (unpaired) electrons. The fraction of sp³-hybridized carbons (Fsp3) is 0.640. The Morgan fingerprint density at radius 2 is 0.509 bits per heavy atom. The molecule has 108 heavy (non-hydrogen) atoms. The second-order valence-electron chi connectivity index (χ2n) is 27.0. The molecule has 0 bridgehead atoms. The number of phosphoric acid groups is 2. The van der Waals surface area contributed by atoms with Gasteiger partial charge in [0, 0.05) is 25.7 Å². The predicted octanol–water partition coefficient (Wildman–Crippen LogP) is 24.6. The molecule has 5 atom stereocenters. The van der Waals surface area contributed by atoms with E-state index >= 15 is 0 Å². The third-order valence-corrected chi connectivity index (χ3v) is 18.6. The summed E-state index contributed by atoms with van der Waals surface area (Å²) in [5, 5.41) is 10.7. The monoisotopic (exact) mass is 1550 g/mol. The van der Waals surface area contributed by atoms with Crippen LogP contribution >= 0.6 is 15.6 Å². The van der Waals surface area contributed by atoms with Crippen LogP contribution in [0.2, 0.25) is 0 Å². The van der Waals surface area contributed by atoms with Crippen LogP contribution in [-0.2, 0) is 65.4 Å². The lowest BCUT2D eigenvalue weighted by atomic mass is 10.0. The molecule has 0 aromatic heterocycles. The van der Waals surface area contributed by atoms with Gasteiger partial charge in [-0.05, 0) is 141 Å². The van der Waals surface area contributed by atoms with Crippen molar-refractivity contribution >= 4 is 39.5 Å². The molecule has 0 aliphatic heterocycles. The average molecular weight is 1550 g/mol. The largest absolute Gasteiger partial charge is 0.472 e. The van der Waals surface area contributed by atoms with Crippen molar-refractivity contribution in [2.45, 2.75) is 329 Å². The van der Waals surface area contributed by atoms with Gasteiger partial charge in [-0.15, -0.1) is 0 Å². The van der Waals surface area contributed by atoms with Gasteiger partial charge in [0.05, 0.1) is 26.4 Å². The number of hydrogen-bond acceptors (Lipinski definition) is 15. The van der Waals surface area contributed by atoms with Crippen molar-refractivity contribution in [3.63, 3.8) is 0 Å². The molecule has 0 aromatic rings. The number of phosphoric ester groups is 2. The Kier molecular flexibility index (Phi) is 75.4. The standard InChI is InChI=1S/C89H146O17P2/c1-5-9-13-17-21-25-29-33-36-39-41-44-46-50-53-57-61-65-69-73-86(91)99-79-84(105-88(93)75-71-67-63-59-55-49-32-28-24-20-16-12-8-4)81-103-107(95,96)101-77-83(90)78-102-108(97,98)104-82-85(106-89(94)76-72-68-64-60-56-52-48-43-38-35-31-27-23-19-15-11-7-3)80-100-87(92)74-70-66-62-58-54-51-47-45-42-40-37-34-30-26-22-18-14-10-6-2/h9,11,13,15,21-23,25-27,33-38,41-42,44-45,48,50,52-53,60-61,64-65,83-85,90H,5-8,10,12,14,16-20,24,28-32,39-40,43,46-47,49,51,54-59,62-63,66-82H2,1-4H3,(H,95,96)(H,97,98)/b13-9-,15-11-,25-21-,26-22-,27-23-,36-33-,37-34-,38-35-,44-41-,45-42-,52-48-,53-50-,64-60-,65-61-. The Morgan fingerprint density at radius 3 is 0.852 bits per heavy atom. The molecule has 0 fully saturated rings. The summed E-state index contributed by atoms with van der Waals surface area (Å²) in [6, 6.07) is 0.